The lowest BCUT2D eigenvalue weighted by Gasteiger charge is -2.16. The van der Waals surface area contributed by atoms with E-state index in [1.807, 2.05) is 13.8 Å². The first kappa shape index (κ1) is 16.7. The Morgan fingerprint density at radius 3 is 2.48 bits per heavy atom. The van der Waals surface area contributed by atoms with E-state index >= 15 is 0 Å². The molecule has 2 N–H and O–H groups in total. The molecule has 1 aromatic heterocycles. The topological polar surface area (TPSA) is 92.4 Å². The molecular weight excluding hydrogens is 303 g/mol. The van der Waals surface area contributed by atoms with Crippen LogP contribution < -0.4 is 5.32 Å². The second kappa shape index (κ2) is 7.04. The molecule has 1 aromatic carbocycles. The van der Waals surface area contributed by atoms with E-state index in [1.54, 1.807) is 0 Å². The molecule has 0 bridgehead atoms. The van der Waals surface area contributed by atoms with Crippen LogP contribution in [0.15, 0.2) is 34.9 Å². The number of carboxylic acids is 1. The summed E-state index contributed by atoms with van der Waals surface area (Å²) in [6.07, 6.45) is -0.327. The summed E-state index contributed by atoms with van der Waals surface area (Å²) in [5.41, 5.74) is 0.570. The van der Waals surface area contributed by atoms with Crippen molar-refractivity contribution in [1.82, 2.24) is 10.5 Å². The van der Waals surface area contributed by atoms with E-state index in [0.717, 1.165) is 0 Å². The fourth-order valence-corrected chi connectivity index (χ4v) is 2.02. The average molecular weight is 320 g/mol. The lowest BCUT2D eigenvalue weighted by atomic mass is 10.0. The molecule has 1 heterocycles. The molecule has 122 valence electrons. The largest absolute Gasteiger partial charge is 0.481 e. The minimum absolute atomic E-state index is 0.0752. The second-order valence-electron chi connectivity index (χ2n) is 5.44. The zero-order valence-electron chi connectivity index (χ0n) is 12.7. The van der Waals surface area contributed by atoms with Gasteiger partial charge in [0.15, 0.2) is 5.69 Å². The molecule has 0 aliphatic heterocycles. The van der Waals surface area contributed by atoms with Crippen molar-refractivity contribution in [1.29, 1.82) is 0 Å². The van der Waals surface area contributed by atoms with Gasteiger partial charge < -0.3 is 14.9 Å². The van der Waals surface area contributed by atoms with Gasteiger partial charge in [-0.15, -0.1) is 0 Å². The molecule has 0 spiro atoms. The molecule has 0 fully saturated rings. The molecule has 0 radical (unpaired) electrons. The van der Waals surface area contributed by atoms with Crippen LogP contribution in [0.25, 0.3) is 0 Å². The summed E-state index contributed by atoms with van der Waals surface area (Å²) in [4.78, 5) is 23.2. The van der Waals surface area contributed by atoms with E-state index < -0.39 is 23.7 Å². The van der Waals surface area contributed by atoms with Gasteiger partial charge in [-0.3, -0.25) is 9.59 Å². The maximum atomic E-state index is 13.0. The number of benzene rings is 1. The molecule has 7 heteroatoms. The van der Waals surface area contributed by atoms with Crippen LogP contribution in [0.4, 0.5) is 4.39 Å². The number of aromatic nitrogens is 1. The first-order valence-electron chi connectivity index (χ1n) is 7.11. The van der Waals surface area contributed by atoms with Gasteiger partial charge in [0.2, 0.25) is 0 Å². The molecule has 1 amide bonds. The Labute approximate surface area is 132 Å². The molecule has 0 saturated heterocycles. The molecule has 1 atom stereocenters. The fourth-order valence-electron chi connectivity index (χ4n) is 2.02. The predicted octanol–water partition coefficient (Wildman–Crippen LogP) is 2.88. The van der Waals surface area contributed by atoms with Gasteiger partial charge in [0.05, 0.1) is 12.5 Å². The van der Waals surface area contributed by atoms with Crippen molar-refractivity contribution >= 4 is 11.9 Å². The quantitative estimate of drug-likeness (QED) is 0.854. The Hall–Kier alpha value is -2.70. The molecular formula is C16H17FN2O4. The third-order valence-electron chi connectivity index (χ3n) is 3.29. The van der Waals surface area contributed by atoms with Crippen molar-refractivity contribution in [2.24, 2.45) is 0 Å². The number of halogens is 1. The Balaban J connectivity index is 2.17. The summed E-state index contributed by atoms with van der Waals surface area (Å²) in [5.74, 6) is -1.42. The van der Waals surface area contributed by atoms with Crippen molar-refractivity contribution in [3.05, 3.63) is 53.2 Å². The Kier molecular flexibility index (Phi) is 5.10. The Morgan fingerprint density at radius 1 is 1.30 bits per heavy atom. The highest BCUT2D eigenvalue weighted by molar-refractivity contribution is 5.92. The summed E-state index contributed by atoms with van der Waals surface area (Å²) < 4.78 is 18.0. The van der Waals surface area contributed by atoms with Crippen molar-refractivity contribution in [3.63, 3.8) is 0 Å². The van der Waals surface area contributed by atoms with Crippen molar-refractivity contribution in [3.8, 4) is 0 Å². The van der Waals surface area contributed by atoms with E-state index in [1.165, 1.54) is 30.3 Å². The van der Waals surface area contributed by atoms with Gasteiger partial charge >= 0.3 is 5.97 Å². The highest BCUT2D eigenvalue weighted by atomic mass is 19.1. The van der Waals surface area contributed by atoms with E-state index in [2.05, 4.69) is 10.5 Å². The summed E-state index contributed by atoms with van der Waals surface area (Å²) in [5, 5.41) is 15.3. The summed E-state index contributed by atoms with van der Waals surface area (Å²) >= 11 is 0. The molecule has 0 saturated carbocycles. The van der Waals surface area contributed by atoms with Gasteiger partial charge in [-0.25, -0.2) is 4.39 Å². The smallest absolute Gasteiger partial charge is 0.305 e. The Morgan fingerprint density at radius 2 is 1.96 bits per heavy atom. The van der Waals surface area contributed by atoms with Gasteiger partial charge in [-0.1, -0.05) is 31.1 Å². The zero-order valence-corrected chi connectivity index (χ0v) is 12.7. The molecule has 6 nitrogen and oxygen atoms in total. The summed E-state index contributed by atoms with van der Waals surface area (Å²) in [7, 11) is 0. The van der Waals surface area contributed by atoms with Gasteiger partial charge in [0.1, 0.15) is 11.6 Å². The Bertz CT molecular complexity index is 694. The second-order valence-corrected chi connectivity index (χ2v) is 5.44. The molecule has 23 heavy (non-hydrogen) atoms. The number of nitrogens with one attached hydrogen (secondary N) is 1. The lowest BCUT2D eigenvalue weighted by Crippen LogP contribution is -2.30. The number of nitrogens with zero attached hydrogens (tertiary/aromatic N) is 1. The van der Waals surface area contributed by atoms with Crippen molar-refractivity contribution < 1.29 is 23.6 Å². The van der Waals surface area contributed by atoms with Crippen LogP contribution in [0.1, 0.15) is 54.0 Å². The van der Waals surface area contributed by atoms with E-state index in [-0.39, 0.29) is 18.0 Å². The SMILES string of the molecule is CC(C)c1cc(C(=O)N[C@@H](CC(=O)O)c2ccc(F)cc2)no1. The van der Waals surface area contributed by atoms with E-state index in [4.69, 9.17) is 9.63 Å². The van der Waals surface area contributed by atoms with Crippen LogP contribution in [-0.4, -0.2) is 22.1 Å². The molecule has 0 aliphatic rings. The first-order chi connectivity index (χ1) is 10.9. The minimum Gasteiger partial charge on any atom is -0.481 e. The van der Waals surface area contributed by atoms with Gasteiger partial charge in [0.25, 0.3) is 5.91 Å². The number of hydrogen-bond donors (Lipinski definition) is 2. The number of hydrogen-bond acceptors (Lipinski definition) is 4. The molecule has 2 rings (SSSR count). The highest BCUT2D eigenvalue weighted by Gasteiger charge is 2.21. The zero-order chi connectivity index (χ0) is 17.0. The summed E-state index contributed by atoms with van der Waals surface area (Å²) in [6, 6.07) is 6.02. The number of amides is 1. The maximum Gasteiger partial charge on any atom is 0.305 e. The third-order valence-corrected chi connectivity index (χ3v) is 3.29. The van der Waals surface area contributed by atoms with Crippen LogP contribution in [0, 0.1) is 5.82 Å². The number of carbonyl (C=O) groups excluding carboxylic acids is 1. The van der Waals surface area contributed by atoms with Gasteiger partial charge in [-0.2, -0.15) is 0 Å². The summed E-state index contributed by atoms with van der Waals surface area (Å²) in [6.45, 7) is 3.79. The monoisotopic (exact) mass is 320 g/mol. The average Bonchev–Trinajstić information content (AvgIpc) is 2.97. The molecule has 2 aromatic rings. The molecule has 0 unspecified atom stereocenters. The number of carbonyl (C=O) groups is 2. The van der Waals surface area contributed by atoms with Crippen LogP contribution in [-0.2, 0) is 4.79 Å². The lowest BCUT2D eigenvalue weighted by molar-refractivity contribution is -0.137. The van der Waals surface area contributed by atoms with E-state index in [9.17, 15) is 14.0 Å². The van der Waals surface area contributed by atoms with Crippen molar-refractivity contribution in [2.75, 3.05) is 0 Å². The first-order valence-corrected chi connectivity index (χ1v) is 7.11. The van der Waals surface area contributed by atoms with Crippen LogP contribution >= 0.6 is 0 Å². The number of rotatable bonds is 6. The van der Waals surface area contributed by atoms with Crippen LogP contribution in [0.5, 0.6) is 0 Å². The highest BCUT2D eigenvalue weighted by Crippen LogP contribution is 2.19. The van der Waals surface area contributed by atoms with Gasteiger partial charge in [0, 0.05) is 12.0 Å². The van der Waals surface area contributed by atoms with Crippen LogP contribution in [0.2, 0.25) is 0 Å². The maximum absolute atomic E-state index is 13.0. The number of carboxylic acid groups (broad SMARTS) is 1. The standard InChI is InChI=1S/C16H17FN2O4/c1-9(2)14-7-13(19-23-14)16(22)18-12(8-15(20)21)10-3-5-11(17)6-4-10/h3-7,9,12H,8H2,1-2H3,(H,18,22)(H,20,21)/t12-/m0/s1. The normalized spacial score (nSPS) is 12.2. The van der Waals surface area contributed by atoms with E-state index in [0.29, 0.717) is 11.3 Å². The number of aliphatic carboxylic acids is 1. The predicted molar refractivity (Wildman–Crippen MR) is 79.5 cm³/mol. The third kappa shape index (κ3) is 4.38. The van der Waals surface area contributed by atoms with Gasteiger partial charge in [-0.05, 0) is 17.7 Å². The minimum atomic E-state index is -1.08. The fraction of sp³-hybridized carbons (Fsp3) is 0.312. The van der Waals surface area contributed by atoms with Crippen LogP contribution in [0.3, 0.4) is 0 Å². The molecule has 0 aliphatic carbocycles. The van der Waals surface area contributed by atoms with Crippen molar-refractivity contribution in [2.45, 2.75) is 32.2 Å².